The van der Waals surface area contributed by atoms with E-state index in [0.29, 0.717) is 22.4 Å². The van der Waals surface area contributed by atoms with Crippen molar-refractivity contribution in [3.63, 3.8) is 0 Å². The molecule has 1 nitrogen and oxygen atoms in total. The molecule has 0 saturated heterocycles. The van der Waals surface area contributed by atoms with E-state index >= 15 is 0 Å². The minimum atomic E-state index is -2.93. The Balaban J connectivity index is 1.13. The second-order valence-corrected chi connectivity index (χ2v) is 17.9. The van der Waals surface area contributed by atoms with Crippen molar-refractivity contribution in [2.24, 2.45) is 0 Å². The summed E-state index contributed by atoms with van der Waals surface area (Å²) in [5.74, 6) is 0. The van der Waals surface area contributed by atoms with Crippen molar-refractivity contribution < 1.29 is 8.22 Å². The van der Waals surface area contributed by atoms with E-state index in [4.69, 9.17) is 8.22 Å². The normalized spacial score (nSPS) is 16.6. The fraction of sp³-hybridized carbons (Fsp3) is 0.0769. The summed E-state index contributed by atoms with van der Waals surface area (Å²) in [5.41, 5.74) is 14.0. The standard InChI is InChI=1S/C65H47N/c1-63(2)57-32-18-15-29-51(57)54-38-35-48(41-60(54)63)66(49-36-39-55-52-30-16-19-33-58(52)64(61(55)42-49,44-21-7-3-8-22-44)45-23-9-4-10-24-45)50-37-40-56-53-31-17-20-34-59(53)65(62(56)43-50,46-25-11-5-12-26-46)47-27-13-6-14-28-47/h3-43H,1-2H3/i1D3,2D3. The van der Waals surface area contributed by atoms with Crippen LogP contribution in [0.3, 0.4) is 0 Å². The van der Waals surface area contributed by atoms with Gasteiger partial charge in [-0.05, 0) is 125 Å². The van der Waals surface area contributed by atoms with Gasteiger partial charge >= 0.3 is 0 Å². The minimum Gasteiger partial charge on any atom is -0.310 e. The van der Waals surface area contributed by atoms with Crippen LogP contribution < -0.4 is 4.90 Å². The first-order valence-corrected chi connectivity index (χ1v) is 22.8. The number of rotatable bonds is 7. The maximum Gasteiger partial charge on any atom is 0.0714 e. The first-order valence-electron chi connectivity index (χ1n) is 25.8. The summed E-state index contributed by atoms with van der Waals surface area (Å²) in [6.45, 7) is -5.87. The molecule has 0 aromatic heterocycles. The zero-order chi connectivity index (χ0) is 49.0. The van der Waals surface area contributed by atoms with Crippen LogP contribution in [0, 0.1) is 0 Å². The summed E-state index contributed by atoms with van der Waals surface area (Å²) in [6.07, 6.45) is 0. The van der Waals surface area contributed by atoms with Crippen molar-refractivity contribution in [3.8, 4) is 33.4 Å². The second kappa shape index (κ2) is 14.5. The van der Waals surface area contributed by atoms with E-state index in [1.807, 2.05) is 30.3 Å². The molecule has 0 amide bonds. The van der Waals surface area contributed by atoms with Gasteiger partial charge in [0.15, 0.2) is 0 Å². The van der Waals surface area contributed by atoms with Crippen molar-refractivity contribution >= 4 is 17.1 Å². The smallest absolute Gasteiger partial charge is 0.0714 e. The third-order valence-corrected chi connectivity index (χ3v) is 14.7. The van der Waals surface area contributed by atoms with E-state index in [2.05, 4.69) is 211 Å². The Morgan fingerprint density at radius 2 is 0.561 bits per heavy atom. The van der Waals surface area contributed by atoms with Crippen LogP contribution in [0.25, 0.3) is 33.4 Å². The van der Waals surface area contributed by atoms with Crippen molar-refractivity contribution in [2.75, 3.05) is 4.90 Å². The molecule has 10 aromatic carbocycles. The van der Waals surface area contributed by atoms with Crippen molar-refractivity contribution in [2.45, 2.75) is 29.9 Å². The summed E-state index contributed by atoms with van der Waals surface area (Å²) in [5, 5.41) is 0. The van der Waals surface area contributed by atoms with Crippen LogP contribution in [-0.4, -0.2) is 0 Å². The Kier molecular flexibility index (Phi) is 7.17. The van der Waals surface area contributed by atoms with Gasteiger partial charge in [-0.3, -0.25) is 0 Å². The van der Waals surface area contributed by atoms with Crippen LogP contribution >= 0.6 is 0 Å². The minimum absolute atomic E-state index is 0.263. The predicted molar refractivity (Wildman–Crippen MR) is 273 cm³/mol. The van der Waals surface area contributed by atoms with Gasteiger partial charge < -0.3 is 4.90 Å². The predicted octanol–water partition coefficient (Wildman–Crippen LogP) is 16.2. The lowest BCUT2D eigenvalue weighted by Crippen LogP contribution is -2.29. The van der Waals surface area contributed by atoms with Gasteiger partial charge in [0.25, 0.3) is 0 Å². The first-order chi connectivity index (χ1) is 35.0. The fourth-order valence-corrected chi connectivity index (χ4v) is 12.0. The molecule has 0 N–H and O–H groups in total. The van der Waals surface area contributed by atoms with Crippen molar-refractivity contribution in [1.82, 2.24) is 0 Å². The lowest BCUT2D eigenvalue weighted by atomic mass is 9.67. The lowest BCUT2D eigenvalue weighted by Gasteiger charge is -2.36. The van der Waals surface area contributed by atoms with E-state index in [9.17, 15) is 0 Å². The van der Waals surface area contributed by atoms with E-state index in [-0.39, 0.29) is 5.56 Å². The molecule has 13 rings (SSSR count). The fourth-order valence-electron chi connectivity index (χ4n) is 12.0. The molecule has 66 heavy (non-hydrogen) atoms. The number of hydrogen-bond donors (Lipinski definition) is 0. The van der Waals surface area contributed by atoms with Gasteiger partial charge in [-0.25, -0.2) is 0 Å². The zero-order valence-electron chi connectivity index (χ0n) is 42.1. The average molecular weight is 848 g/mol. The summed E-state index contributed by atoms with van der Waals surface area (Å²) < 4.78 is 55.0. The molecule has 312 valence electrons. The molecule has 0 unspecified atom stereocenters. The first kappa shape index (κ1) is 32.6. The van der Waals surface area contributed by atoms with Gasteiger partial charge in [0.05, 0.1) is 10.8 Å². The highest BCUT2D eigenvalue weighted by Crippen LogP contribution is 2.60. The molecular weight excluding hydrogens is 795 g/mol. The van der Waals surface area contributed by atoms with E-state index in [0.717, 1.165) is 67.0 Å². The molecule has 10 aromatic rings. The molecule has 1 heteroatoms. The molecule has 3 aliphatic carbocycles. The van der Waals surface area contributed by atoms with Crippen LogP contribution in [0.1, 0.15) is 77.6 Å². The van der Waals surface area contributed by atoms with Gasteiger partial charge in [0.1, 0.15) is 0 Å². The van der Waals surface area contributed by atoms with Crippen LogP contribution in [0.5, 0.6) is 0 Å². The van der Waals surface area contributed by atoms with Crippen LogP contribution in [0.15, 0.2) is 249 Å². The molecule has 0 heterocycles. The molecular formula is C65H47N. The highest BCUT2D eigenvalue weighted by Gasteiger charge is 2.48. The summed E-state index contributed by atoms with van der Waals surface area (Å²) in [7, 11) is 0. The molecule has 0 radical (unpaired) electrons. The number of nitrogens with zero attached hydrogens (tertiary/aromatic N) is 1. The quantitative estimate of drug-likeness (QED) is 0.154. The zero-order valence-corrected chi connectivity index (χ0v) is 36.1. The van der Waals surface area contributed by atoms with E-state index in [1.54, 1.807) is 12.1 Å². The van der Waals surface area contributed by atoms with Crippen molar-refractivity contribution in [3.05, 3.63) is 304 Å². The summed E-state index contributed by atoms with van der Waals surface area (Å²) >= 11 is 0. The SMILES string of the molecule is [2H]C([2H])([2H])C1(C([2H])([2H])[2H])c2ccccc2-c2ccc(N(c3ccc4c(c3)C(c3ccccc3)(c3ccccc3)c3ccccc3-4)c3ccc4c(c3)C(c3ccccc3)(c3ccccc3)c3ccccc3-4)cc21. The van der Waals surface area contributed by atoms with Crippen LogP contribution in [0.4, 0.5) is 17.1 Å². The Bertz CT molecular complexity index is 3460. The molecule has 0 aliphatic heterocycles. The van der Waals surface area contributed by atoms with E-state index < -0.39 is 29.9 Å². The number of anilines is 3. The summed E-state index contributed by atoms with van der Waals surface area (Å²) in [6, 6.07) is 86.5. The van der Waals surface area contributed by atoms with Crippen LogP contribution in [-0.2, 0) is 16.2 Å². The van der Waals surface area contributed by atoms with E-state index in [1.165, 1.54) is 11.1 Å². The molecule has 0 atom stereocenters. The maximum absolute atomic E-state index is 9.17. The molecule has 0 fully saturated rings. The summed E-state index contributed by atoms with van der Waals surface area (Å²) in [4.78, 5) is 2.21. The molecule has 0 bridgehead atoms. The Morgan fingerprint density at radius 1 is 0.273 bits per heavy atom. The average Bonchev–Trinajstić information content (AvgIpc) is 4.01. The topological polar surface area (TPSA) is 3.24 Å². The van der Waals surface area contributed by atoms with Gasteiger partial charge in [0.2, 0.25) is 0 Å². The number of hydrogen-bond acceptors (Lipinski definition) is 1. The molecule has 0 spiro atoms. The van der Waals surface area contributed by atoms with Gasteiger partial charge in [-0.15, -0.1) is 0 Å². The largest absolute Gasteiger partial charge is 0.310 e. The monoisotopic (exact) mass is 847 g/mol. The Labute approximate surface area is 396 Å². The van der Waals surface area contributed by atoms with Gasteiger partial charge in [0, 0.05) is 30.7 Å². The Hall–Kier alpha value is -8.00. The van der Waals surface area contributed by atoms with Gasteiger partial charge in [-0.2, -0.15) is 0 Å². The van der Waals surface area contributed by atoms with Crippen molar-refractivity contribution in [1.29, 1.82) is 0 Å². The molecule has 0 saturated carbocycles. The van der Waals surface area contributed by atoms with Gasteiger partial charge in [-0.1, -0.05) is 226 Å². The highest BCUT2D eigenvalue weighted by atomic mass is 15.1. The third kappa shape index (κ3) is 5.23. The third-order valence-electron chi connectivity index (χ3n) is 14.7. The number of benzene rings is 10. The number of fused-ring (bicyclic) bond motifs is 9. The molecule has 3 aliphatic rings. The highest BCUT2D eigenvalue weighted by molar-refractivity contribution is 5.93. The second-order valence-electron chi connectivity index (χ2n) is 17.9. The Morgan fingerprint density at radius 3 is 0.939 bits per heavy atom. The van der Waals surface area contributed by atoms with Crippen LogP contribution in [0.2, 0.25) is 0 Å². The lowest BCUT2D eigenvalue weighted by molar-refractivity contribution is 0.660. The maximum atomic E-state index is 9.17.